The fraction of sp³-hybridized carbons (Fsp3) is 0.667. The van der Waals surface area contributed by atoms with Gasteiger partial charge < -0.3 is 34.7 Å². The number of aliphatic hydroxyl groups excluding tert-OH is 2. The Morgan fingerprint density at radius 2 is 1.83 bits per heavy atom. The Bertz CT molecular complexity index is 655. The van der Waals surface area contributed by atoms with Gasteiger partial charge in [-0.1, -0.05) is 0 Å². The third-order valence-corrected chi connectivity index (χ3v) is 4.32. The van der Waals surface area contributed by atoms with Gasteiger partial charge in [-0.15, -0.1) is 5.06 Å². The van der Waals surface area contributed by atoms with Crippen LogP contribution in [-0.2, 0) is 33.5 Å². The predicted molar refractivity (Wildman–Crippen MR) is 98.9 cm³/mol. The first-order chi connectivity index (χ1) is 14.4. The van der Waals surface area contributed by atoms with Gasteiger partial charge in [-0.25, -0.2) is 4.79 Å². The minimum absolute atomic E-state index is 0.0731. The number of rotatable bonds is 13. The van der Waals surface area contributed by atoms with Crippen LogP contribution in [0.4, 0.5) is 0 Å². The highest BCUT2D eigenvalue weighted by Crippen LogP contribution is 2.16. The summed E-state index contributed by atoms with van der Waals surface area (Å²) in [6.07, 6.45) is 0.922. The maximum Gasteiger partial charge on any atom is 0.334 e. The Morgan fingerprint density at radius 1 is 1.10 bits per heavy atom. The van der Waals surface area contributed by atoms with E-state index >= 15 is 0 Å². The summed E-state index contributed by atoms with van der Waals surface area (Å²) in [4.78, 5) is 52.0. The van der Waals surface area contributed by atoms with Crippen molar-refractivity contribution in [3.8, 4) is 0 Å². The molecule has 1 saturated heterocycles. The van der Waals surface area contributed by atoms with Crippen molar-refractivity contribution < 1.29 is 43.7 Å². The van der Waals surface area contributed by atoms with E-state index in [1.807, 2.05) is 0 Å². The van der Waals surface area contributed by atoms with Gasteiger partial charge in [-0.2, -0.15) is 0 Å². The fourth-order valence-corrected chi connectivity index (χ4v) is 2.70. The number of nitrogens with one attached hydrogen (secondary N) is 1. The summed E-state index contributed by atoms with van der Waals surface area (Å²) in [6, 6.07) is 0. The number of carbonyl (C=O) groups is 4. The molecule has 0 aliphatic carbocycles. The Morgan fingerprint density at radius 3 is 2.47 bits per heavy atom. The summed E-state index contributed by atoms with van der Waals surface area (Å²) in [5.74, 6) is -1.70. The third-order valence-electron chi connectivity index (χ3n) is 4.32. The van der Waals surface area contributed by atoms with Gasteiger partial charge in [0.25, 0.3) is 5.91 Å². The molecule has 3 N–H and O–H groups in total. The van der Waals surface area contributed by atoms with Gasteiger partial charge in [0, 0.05) is 38.4 Å². The number of hydroxylamine groups is 2. The molecule has 12 heteroatoms. The van der Waals surface area contributed by atoms with E-state index in [9.17, 15) is 29.4 Å². The van der Waals surface area contributed by atoms with Crippen molar-refractivity contribution in [3.63, 3.8) is 0 Å². The summed E-state index contributed by atoms with van der Waals surface area (Å²) in [5, 5.41) is 22.3. The lowest BCUT2D eigenvalue weighted by Gasteiger charge is -2.19. The van der Waals surface area contributed by atoms with E-state index in [0.717, 1.165) is 0 Å². The number of amides is 3. The van der Waals surface area contributed by atoms with Gasteiger partial charge in [0.1, 0.15) is 6.23 Å². The average molecular weight is 429 g/mol. The summed E-state index contributed by atoms with van der Waals surface area (Å²) in [6.45, 7) is 1.24. The highest BCUT2D eigenvalue weighted by atomic mass is 16.7. The topological polar surface area (TPSA) is 155 Å². The van der Waals surface area contributed by atoms with E-state index in [-0.39, 0.29) is 77.0 Å². The molecule has 2 aliphatic heterocycles. The minimum Gasteiger partial charge on any atom is -0.378 e. The van der Waals surface area contributed by atoms with Gasteiger partial charge in [0.2, 0.25) is 11.8 Å². The van der Waals surface area contributed by atoms with Crippen molar-refractivity contribution >= 4 is 23.7 Å². The molecule has 0 aromatic heterocycles. The van der Waals surface area contributed by atoms with Crippen molar-refractivity contribution in [2.45, 2.75) is 38.1 Å². The number of ether oxygens (including phenoxy) is 2. The Hall–Kier alpha value is -2.54. The quantitative estimate of drug-likeness (QED) is 0.283. The summed E-state index contributed by atoms with van der Waals surface area (Å²) in [5.41, 5.74) is 0. The molecule has 168 valence electrons. The first-order valence-corrected chi connectivity index (χ1v) is 9.68. The number of carbonyl (C=O) groups excluding carboxylic acids is 4. The molecular formula is C18H27N3O9. The molecule has 2 atom stereocenters. The van der Waals surface area contributed by atoms with Crippen LogP contribution in [0.15, 0.2) is 12.2 Å². The standard InChI is InChI=1S/C18H27N3O9/c22-13(5-8-20-14(23)1-2-15(20)24)19-7-10-29-12-11-28-9-6-18(27)30-21-16(25)3-4-17(21)26/h1-2,14,16,23,25H,3-12H2,(H,19,22). The largest absolute Gasteiger partial charge is 0.378 e. The SMILES string of the molecule is O=C(CCN1C(=O)C=CC1O)NCCOCCOCCC(=O)ON1C(=O)CCC1O. The molecule has 2 rings (SSSR count). The van der Waals surface area contributed by atoms with E-state index in [4.69, 9.17) is 14.3 Å². The lowest BCUT2D eigenvalue weighted by Crippen LogP contribution is -2.37. The zero-order valence-electron chi connectivity index (χ0n) is 16.5. The number of nitrogens with zero attached hydrogens (tertiary/aromatic N) is 2. The molecule has 0 aromatic rings. The molecule has 0 aromatic carbocycles. The summed E-state index contributed by atoms with van der Waals surface area (Å²) < 4.78 is 10.5. The first kappa shape index (κ1) is 23.7. The van der Waals surface area contributed by atoms with E-state index in [0.29, 0.717) is 5.06 Å². The monoisotopic (exact) mass is 429 g/mol. The molecular weight excluding hydrogens is 402 g/mol. The average Bonchev–Trinajstić information content (AvgIpc) is 3.20. The van der Waals surface area contributed by atoms with Gasteiger partial charge in [-0.3, -0.25) is 14.4 Å². The minimum atomic E-state index is -1.09. The number of aliphatic hydroxyl groups is 2. The second-order valence-corrected chi connectivity index (χ2v) is 6.58. The van der Waals surface area contributed by atoms with Crippen molar-refractivity contribution in [2.24, 2.45) is 0 Å². The molecule has 0 radical (unpaired) electrons. The van der Waals surface area contributed by atoms with Gasteiger partial charge in [-0.05, 0) is 6.08 Å². The predicted octanol–water partition coefficient (Wildman–Crippen LogP) is -1.97. The molecule has 30 heavy (non-hydrogen) atoms. The maximum absolute atomic E-state index is 11.7. The van der Waals surface area contributed by atoms with Gasteiger partial charge >= 0.3 is 5.97 Å². The van der Waals surface area contributed by atoms with E-state index in [1.54, 1.807) is 0 Å². The summed E-state index contributed by atoms with van der Waals surface area (Å²) >= 11 is 0. The Labute approximate surface area is 173 Å². The molecule has 2 heterocycles. The molecule has 12 nitrogen and oxygen atoms in total. The molecule has 2 aliphatic rings. The van der Waals surface area contributed by atoms with Crippen LogP contribution in [0.3, 0.4) is 0 Å². The molecule has 2 unspecified atom stereocenters. The van der Waals surface area contributed by atoms with Crippen LogP contribution in [0.2, 0.25) is 0 Å². The molecule has 3 amide bonds. The fourth-order valence-electron chi connectivity index (χ4n) is 2.70. The van der Waals surface area contributed by atoms with Crippen molar-refractivity contribution in [3.05, 3.63) is 12.2 Å². The van der Waals surface area contributed by atoms with Gasteiger partial charge in [0.05, 0.1) is 32.8 Å². The zero-order valence-corrected chi connectivity index (χ0v) is 16.5. The Balaban J connectivity index is 1.39. The van der Waals surface area contributed by atoms with Crippen LogP contribution in [0.25, 0.3) is 0 Å². The van der Waals surface area contributed by atoms with Crippen LogP contribution in [0.5, 0.6) is 0 Å². The normalized spacial score (nSPS) is 20.9. The second kappa shape index (κ2) is 12.2. The maximum atomic E-state index is 11.7. The van der Waals surface area contributed by atoms with Crippen LogP contribution in [-0.4, -0.2) is 95.8 Å². The summed E-state index contributed by atoms with van der Waals surface area (Å²) in [7, 11) is 0. The molecule has 0 bridgehead atoms. The van der Waals surface area contributed by atoms with Crippen molar-refractivity contribution in [1.29, 1.82) is 0 Å². The highest BCUT2D eigenvalue weighted by molar-refractivity contribution is 5.90. The van der Waals surface area contributed by atoms with Crippen LogP contribution >= 0.6 is 0 Å². The second-order valence-electron chi connectivity index (χ2n) is 6.58. The van der Waals surface area contributed by atoms with E-state index in [2.05, 4.69) is 5.32 Å². The number of hydrogen-bond acceptors (Lipinski definition) is 9. The zero-order chi connectivity index (χ0) is 21.9. The highest BCUT2D eigenvalue weighted by Gasteiger charge is 2.32. The molecule has 1 fully saturated rings. The van der Waals surface area contributed by atoms with Crippen LogP contribution < -0.4 is 5.32 Å². The number of hydrogen-bond donors (Lipinski definition) is 3. The smallest absolute Gasteiger partial charge is 0.334 e. The third kappa shape index (κ3) is 7.71. The van der Waals surface area contributed by atoms with E-state index in [1.165, 1.54) is 17.1 Å². The van der Waals surface area contributed by atoms with Crippen LogP contribution in [0, 0.1) is 0 Å². The first-order valence-electron chi connectivity index (χ1n) is 9.68. The lowest BCUT2D eigenvalue weighted by molar-refractivity contribution is -0.221. The lowest BCUT2D eigenvalue weighted by atomic mass is 10.3. The van der Waals surface area contributed by atoms with Crippen molar-refractivity contribution in [1.82, 2.24) is 15.3 Å². The molecule has 0 saturated carbocycles. The molecule has 0 spiro atoms. The van der Waals surface area contributed by atoms with Crippen LogP contribution in [0.1, 0.15) is 25.7 Å². The van der Waals surface area contributed by atoms with E-state index < -0.39 is 24.3 Å². The van der Waals surface area contributed by atoms with Crippen molar-refractivity contribution in [2.75, 3.05) is 39.5 Å². The van der Waals surface area contributed by atoms with Gasteiger partial charge in [0.15, 0.2) is 6.23 Å². The Kier molecular flexibility index (Phi) is 9.67.